The second-order valence-corrected chi connectivity index (χ2v) is 6.92. The van der Waals surface area contributed by atoms with Crippen LogP contribution < -0.4 is 5.43 Å². The molecule has 3 heteroatoms. The van der Waals surface area contributed by atoms with Crippen LogP contribution in [0.25, 0.3) is 0 Å². The second kappa shape index (κ2) is 7.87. The average molecular weight is 301 g/mol. The fraction of sp³-hybridized carbons (Fsp3) is 0.684. The predicted molar refractivity (Wildman–Crippen MR) is 93.1 cm³/mol. The summed E-state index contributed by atoms with van der Waals surface area (Å²) < 4.78 is 0. The van der Waals surface area contributed by atoms with Gasteiger partial charge in [0.1, 0.15) is 0 Å². The molecule has 0 bridgehead atoms. The summed E-state index contributed by atoms with van der Waals surface area (Å²) in [6.07, 6.45) is 18.2. The fourth-order valence-electron chi connectivity index (χ4n) is 3.82. The SMILES string of the molecule is CCCCC1CCN(CCCN2NC=C3CC=CC=C32)CC1. The first kappa shape index (κ1) is 15.7. The Labute approximate surface area is 135 Å². The molecule has 2 aliphatic heterocycles. The van der Waals surface area contributed by atoms with Crippen molar-refractivity contribution in [1.29, 1.82) is 0 Å². The van der Waals surface area contributed by atoms with Gasteiger partial charge in [0, 0.05) is 12.7 Å². The highest BCUT2D eigenvalue weighted by atomic mass is 15.5. The monoisotopic (exact) mass is 301 g/mol. The van der Waals surface area contributed by atoms with Crippen LogP contribution in [-0.4, -0.2) is 36.1 Å². The van der Waals surface area contributed by atoms with Crippen LogP contribution in [0.15, 0.2) is 35.7 Å². The minimum Gasteiger partial charge on any atom is -0.305 e. The van der Waals surface area contributed by atoms with Crippen molar-refractivity contribution in [2.24, 2.45) is 5.92 Å². The van der Waals surface area contributed by atoms with Gasteiger partial charge in [-0.3, -0.25) is 5.01 Å². The topological polar surface area (TPSA) is 18.5 Å². The smallest absolute Gasteiger partial charge is 0.0621 e. The van der Waals surface area contributed by atoms with Gasteiger partial charge in [-0.25, -0.2) is 0 Å². The summed E-state index contributed by atoms with van der Waals surface area (Å²) in [6, 6.07) is 0. The van der Waals surface area contributed by atoms with Crippen LogP contribution in [0.3, 0.4) is 0 Å². The summed E-state index contributed by atoms with van der Waals surface area (Å²) >= 11 is 0. The third-order valence-electron chi connectivity index (χ3n) is 5.27. The van der Waals surface area contributed by atoms with Crippen LogP contribution >= 0.6 is 0 Å². The molecule has 0 aromatic heterocycles. The Hall–Kier alpha value is -1.22. The van der Waals surface area contributed by atoms with Crippen LogP contribution in [0.2, 0.25) is 0 Å². The van der Waals surface area contributed by atoms with Crippen molar-refractivity contribution in [1.82, 2.24) is 15.3 Å². The normalized spacial score (nSPS) is 22.3. The second-order valence-electron chi connectivity index (χ2n) is 6.92. The Bertz CT molecular complexity index is 442. The van der Waals surface area contributed by atoms with Gasteiger partial charge in [0.05, 0.1) is 5.70 Å². The van der Waals surface area contributed by atoms with Crippen molar-refractivity contribution in [3.63, 3.8) is 0 Å². The standard InChI is InChI=1S/C19H31N3/c1-2-3-7-17-10-14-21(15-11-17)12-6-13-22-19-9-5-4-8-18(19)16-20-22/h4-5,9,16-17,20H,2-3,6-8,10-15H2,1H3. The lowest BCUT2D eigenvalue weighted by Crippen LogP contribution is -2.37. The third-order valence-corrected chi connectivity index (χ3v) is 5.27. The van der Waals surface area contributed by atoms with E-state index in [1.54, 1.807) is 0 Å². The van der Waals surface area contributed by atoms with Gasteiger partial charge in [0.2, 0.25) is 0 Å². The molecule has 0 radical (unpaired) electrons. The molecule has 1 aliphatic carbocycles. The Kier molecular flexibility index (Phi) is 5.60. The Balaban J connectivity index is 1.33. The summed E-state index contributed by atoms with van der Waals surface area (Å²) in [6.45, 7) is 7.29. The molecule has 1 saturated heterocycles. The quantitative estimate of drug-likeness (QED) is 0.771. The van der Waals surface area contributed by atoms with Gasteiger partial charge in [-0.2, -0.15) is 0 Å². The maximum atomic E-state index is 3.41. The number of likely N-dealkylation sites (tertiary alicyclic amines) is 1. The van der Waals surface area contributed by atoms with E-state index >= 15 is 0 Å². The highest BCUT2D eigenvalue weighted by Crippen LogP contribution is 2.26. The number of unbranched alkanes of at least 4 members (excludes halogenated alkanes) is 1. The highest BCUT2D eigenvalue weighted by molar-refractivity contribution is 5.40. The van der Waals surface area contributed by atoms with E-state index in [0.29, 0.717) is 0 Å². The number of nitrogens with zero attached hydrogens (tertiary/aromatic N) is 2. The molecule has 0 aromatic rings. The lowest BCUT2D eigenvalue weighted by atomic mass is 9.91. The molecule has 0 atom stereocenters. The van der Waals surface area contributed by atoms with Gasteiger partial charge >= 0.3 is 0 Å². The van der Waals surface area contributed by atoms with Gasteiger partial charge in [0.25, 0.3) is 0 Å². The molecular formula is C19H31N3. The van der Waals surface area contributed by atoms with E-state index < -0.39 is 0 Å². The number of rotatable bonds is 7. The lowest BCUT2D eigenvalue weighted by molar-refractivity contribution is 0.167. The van der Waals surface area contributed by atoms with E-state index in [1.165, 1.54) is 69.4 Å². The average Bonchev–Trinajstić information content (AvgIpc) is 2.98. The number of hydrazine groups is 1. The maximum absolute atomic E-state index is 3.41. The molecule has 1 N–H and O–H groups in total. The van der Waals surface area contributed by atoms with E-state index in [2.05, 4.69) is 46.7 Å². The van der Waals surface area contributed by atoms with E-state index in [9.17, 15) is 0 Å². The molecule has 0 unspecified atom stereocenters. The largest absolute Gasteiger partial charge is 0.305 e. The van der Waals surface area contributed by atoms with Crippen molar-refractivity contribution in [3.8, 4) is 0 Å². The zero-order valence-corrected chi connectivity index (χ0v) is 14.1. The number of hydrogen-bond donors (Lipinski definition) is 1. The van der Waals surface area contributed by atoms with Crippen LogP contribution in [0, 0.1) is 5.92 Å². The van der Waals surface area contributed by atoms with Crippen molar-refractivity contribution in [3.05, 3.63) is 35.7 Å². The van der Waals surface area contributed by atoms with Crippen molar-refractivity contribution < 1.29 is 0 Å². The molecule has 0 saturated carbocycles. The predicted octanol–water partition coefficient (Wildman–Crippen LogP) is 3.83. The number of allylic oxidation sites excluding steroid dienone is 4. The van der Waals surface area contributed by atoms with Crippen molar-refractivity contribution in [2.45, 2.75) is 51.9 Å². The third kappa shape index (κ3) is 3.95. The lowest BCUT2D eigenvalue weighted by Gasteiger charge is -2.32. The molecule has 22 heavy (non-hydrogen) atoms. The van der Waals surface area contributed by atoms with Gasteiger partial charge in [-0.05, 0) is 62.9 Å². The fourth-order valence-corrected chi connectivity index (χ4v) is 3.82. The molecule has 0 spiro atoms. The van der Waals surface area contributed by atoms with E-state index in [0.717, 1.165) is 18.9 Å². The first-order valence-corrected chi connectivity index (χ1v) is 9.19. The molecule has 2 heterocycles. The van der Waals surface area contributed by atoms with Gasteiger partial charge in [-0.1, -0.05) is 38.3 Å². The maximum Gasteiger partial charge on any atom is 0.0621 e. The summed E-state index contributed by atoms with van der Waals surface area (Å²) in [4.78, 5) is 2.67. The summed E-state index contributed by atoms with van der Waals surface area (Å²) in [5.41, 5.74) is 6.22. The van der Waals surface area contributed by atoms with Crippen LogP contribution in [0.4, 0.5) is 0 Å². The minimum atomic E-state index is 1.00. The Morgan fingerprint density at radius 3 is 2.86 bits per heavy atom. The van der Waals surface area contributed by atoms with Gasteiger partial charge < -0.3 is 10.3 Å². The first-order chi connectivity index (χ1) is 10.9. The molecule has 3 rings (SSSR count). The highest BCUT2D eigenvalue weighted by Gasteiger charge is 2.21. The Morgan fingerprint density at radius 1 is 1.18 bits per heavy atom. The summed E-state index contributed by atoms with van der Waals surface area (Å²) in [5.74, 6) is 1.00. The number of fused-ring (bicyclic) bond motifs is 1. The van der Waals surface area contributed by atoms with Crippen molar-refractivity contribution in [2.75, 3.05) is 26.2 Å². The molecule has 0 aromatic carbocycles. The first-order valence-electron chi connectivity index (χ1n) is 9.19. The zero-order chi connectivity index (χ0) is 15.2. The van der Waals surface area contributed by atoms with Crippen LogP contribution in [-0.2, 0) is 0 Å². The molecule has 3 nitrogen and oxygen atoms in total. The Morgan fingerprint density at radius 2 is 2.05 bits per heavy atom. The minimum absolute atomic E-state index is 1.00. The number of piperidine rings is 1. The molecular weight excluding hydrogens is 270 g/mol. The number of hydrogen-bond acceptors (Lipinski definition) is 3. The molecule has 3 aliphatic rings. The van der Waals surface area contributed by atoms with E-state index in [1.807, 2.05) is 0 Å². The van der Waals surface area contributed by atoms with E-state index in [4.69, 9.17) is 0 Å². The van der Waals surface area contributed by atoms with Crippen LogP contribution in [0.1, 0.15) is 51.9 Å². The summed E-state index contributed by atoms with van der Waals surface area (Å²) in [7, 11) is 0. The van der Waals surface area contributed by atoms with Crippen molar-refractivity contribution >= 4 is 0 Å². The van der Waals surface area contributed by atoms with Gasteiger partial charge in [-0.15, -0.1) is 0 Å². The summed E-state index contributed by atoms with van der Waals surface area (Å²) in [5, 5.41) is 2.31. The number of nitrogens with one attached hydrogen (secondary N) is 1. The van der Waals surface area contributed by atoms with E-state index in [-0.39, 0.29) is 0 Å². The zero-order valence-electron chi connectivity index (χ0n) is 14.1. The van der Waals surface area contributed by atoms with Gasteiger partial charge in [0.15, 0.2) is 0 Å². The molecule has 1 fully saturated rings. The molecule has 0 amide bonds. The molecule has 122 valence electrons. The van der Waals surface area contributed by atoms with Crippen LogP contribution in [0.5, 0.6) is 0 Å².